The second-order valence-electron chi connectivity index (χ2n) is 8.82. The number of β-amino-alcohol motifs (C(OH)–C–C–N with tert-alkyl or cyclic N) is 1. The molecule has 2 atom stereocenters. The highest BCUT2D eigenvalue weighted by molar-refractivity contribution is 7.90. The van der Waals surface area contributed by atoms with Crippen LogP contribution in [0.5, 0.6) is 0 Å². The van der Waals surface area contributed by atoms with Gasteiger partial charge in [0.25, 0.3) is 0 Å². The number of nitrogens with zero attached hydrogens (tertiary/aromatic N) is 1. The zero-order valence-electron chi connectivity index (χ0n) is 20.1. The molecule has 38 heavy (non-hydrogen) atoms. The second-order valence-corrected chi connectivity index (χ2v) is 11.2. The highest BCUT2D eigenvalue weighted by Crippen LogP contribution is 2.31. The van der Waals surface area contributed by atoms with Crippen molar-refractivity contribution in [1.82, 2.24) is 4.90 Å². The lowest BCUT2D eigenvalue weighted by molar-refractivity contribution is -0.119. The van der Waals surface area contributed by atoms with Crippen molar-refractivity contribution in [2.45, 2.75) is 23.5 Å². The Labute approximate surface area is 223 Å². The summed E-state index contributed by atoms with van der Waals surface area (Å²) in [6, 6.07) is 15.0. The average molecular weight is 558 g/mol. The fourth-order valence-electron chi connectivity index (χ4n) is 4.26. The SMILES string of the molecule is CS(=O)(=O)c1ccccc1-c1ccc(NC(=O)C2CC(O)CN2C(=O)Nc2ccc(Cl)cc2)c(C(=O)O)c1. The Balaban J connectivity index is 1.58. The first-order chi connectivity index (χ1) is 17.9. The van der Waals surface area contributed by atoms with Crippen molar-refractivity contribution >= 4 is 50.7 Å². The molecule has 1 heterocycles. The number of aliphatic hydroxyl groups is 1. The van der Waals surface area contributed by atoms with Crippen LogP contribution in [0.15, 0.2) is 71.6 Å². The quantitative estimate of drug-likeness (QED) is 0.360. The van der Waals surface area contributed by atoms with Crippen LogP contribution >= 0.6 is 11.6 Å². The number of carboxylic acids is 1. The Morgan fingerprint density at radius 3 is 2.34 bits per heavy atom. The number of halogens is 1. The monoisotopic (exact) mass is 557 g/mol. The van der Waals surface area contributed by atoms with Gasteiger partial charge in [-0.2, -0.15) is 0 Å². The maximum atomic E-state index is 13.2. The topological polar surface area (TPSA) is 153 Å². The van der Waals surface area contributed by atoms with E-state index in [9.17, 15) is 33.0 Å². The first kappa shape index (κ1) is 27.1. The lowest BCUT2D eigenvalue weighted by Crippen LogP contribution is -2.45. The summed E-state index contributed by atoms with van der Waals surface area (Å²) in [7, 11) is -3.59. The summed E-state index contributed by atoms with van der Waals surface area (Å²) in [5.74, 6) is -2.03. The number of hydrogen-bond donors (Lipinski definition) is 4. The van der Waals surface area contributed by atoms with Crippen LogP contribution < -0.4 is 10.6 Å². The number of benzene rings is 3. The van der Waals surface area contributed by atoms with Gasteiger partial charge in [-0.05, 0) is 48.0 Å². The molecule has 0 aromatic heterocycles. The Kier molecular flexibility index (Phi) is 7.72. The number of urea groups is 1. The third-order valence-corrected chi connectivity index (χ3v) is 7.45. The van der Waals surface area contributed by atoms with E-state index in [0.717, 1.165) is 6.26 Å². The van der Waals surface area contributed by atoms with Gasteiger partial charge in [0.1, 0.15) is 6.04 Å². The molecule has 198 valence electrons. The van der Waals surface area contributed by atoms with Crippen LogP contribution in [0.3, 0.4) is 0 Å². The van der Waals surface area contributed by atoms with Crippen molar-refractivity contribution in [3.8, 4) is 11.1 Å². The molecule has 3 amide bonds. The van der Waals surface area contributed by atoms with Crippen LogP contribution in [0, 0.1) is 0 Å². The molecule has 1 aliphatic rings. The molecular weight excluding hydrogens is 534 g/mol. The molecule has 1 aliphatic heterocycles. The Bertz CT molecular complexity index is 1510. The fraction of sp³-hybridized carbons (Fsp3) is 0.192. The van der Waals surface area contributed by atoms with Crippen LogP contribution in [0.25, 0.3) is 11.1 Å². The number of aromatic carboxylic acids is 1. The van der Waals surface area contributed by atoms with Gasteiger partial charge in [-0.1, -0.05) is 35.9 Å². The van der Waals surface area contributed by atoms with Gasteiger partial charge in [0.15, 0.2) is 9.84 Å². The largest absolute Gasteiger partial charge is 0.478 e. The van der Waals surface area contributed by atoms with Gasteiger partial charge >= 0.3 is 12.0 Å². The maximum absolute atomic E-state index is 13.2. The molecule has 2 unspecified atom stereocenters. The molecule has 0 spiro atoms. The number of aliphatic hydroxyl groups excluding tert-OH is 1. The van der Waals surface area contributed by atoms with Gasteiger partial charge in [0, 0.05) is 35.5 Å². The van der Waals surface area contributed by atoms with Crippen LogP contribution in [-0.2, 0) is 14.6 Å². The van der Waals surface area contributed by atoms with Gasteiger partial charge in [-0.15, -0.1) is 0 Å². The van der Waals surface area contributed by atoms with E-state index in [0.29, 0.717) is 21.8 Å². The van der Waals surface area contributed by atoms with Crippen molar-refractivity contribution in [3.63, 3.8) is 0 Å². The van der Waals surface area contributed by atoms with Crippen LogP contribution in [0.2, 0.25) is 5.02 Å². The molecule has 4 N–H and O–H groups in total. The van der Waals surface area contributed by atoms with Gasteiger partial charge in [-0.25, -0.2) is 18.0 Å². The number of rotatable bonds is 6. The molecule has 3 aromatic carbocycles. The molecule has 0 radical (unpaired) electrons. The number of likely N-dealkylation sites (tertiary alicyclic amines) is 1. The van der Waals surface area contributed by atoms with E-state index < -0.39 is 39.9 Å². The minimum absolute atomic E-state index is 0.0374. The summed E-state index contributed by atoms with van der Waals surface area (Å²) in [5, 5.41) is 25.7. The fourth-order valence-corrected chi connectivity index (χ4v) is 5.29. The molecule has 0 saturated carbocycles. The number of sulfone groups is 1. The van der Waals surface area contributed by atoms with Gasteiger partial charge in [0.05, 0.1) is 22.3 Å². The zero-order chi connectivity index (χ0) is 27.6. The number of hydrogen-bond acceptors (Lipinski definition) is 6. The number of carbonyl (C=O) groups is 3. The summed E-state index contributed by atoms with van der Waals surface area (Å²) in [4.78, 5) is 39.3. The summed E-state index contributed by atoms with van der Waals surface area (Å²) in [6.07, 6.45) is 0.0708. The summed E-state index contributed by atoms with van der Waals surface area (Å²) in [6.45, 7) is -0.0927. The maximum Gasteiger partial charge on any atom is 0.337 e. The van der Waals surface area contributed by atoms with E-state index in [1.54, 1.807) is 42.5 Å². The van der Waals surface area contributed by atoms with Crippen molar-refractivity contribution in [2.75, 3.05) is 23.4 Å². The first-order valence-corrected chi connectivity index (χ1v) is 13.7. The molecular formula is C26H24ClN3O7S. The number of anilines is 2. The van der Waals surface area contributed by atoms with E-state index in [1.165, 1.54) is 29.2 Å². The highest BCUT2D eigenvalue weighted by atomic mass is 35.5. The lowest BCUT2D eigenvalue weighted by atomic mass is 10.0. The number of carbonyl (C=O) groups excluding carboxylic acids is 2. The average Bonchev–Trinajstić information content (AvgIpc) is 3.27. The van der Waals surface area contributed by atoms with Crippen LogP contribution in [0.1, 0.15) is 16.8 Å². The van der Waals surface area contributed by atoms with E-state index in [-0.39, 0.29) is 29.1 Å². The normalized spacial score (nSPS) is 17.2. The minimum Gasteiger partial charge on any atom is -0.478 e. The van der Waals surface area contributed by atoms with E-state index in [4.69, 9.17) is 11.6 Å². The van der Waals surface area contributed by atoms with E-state index >= 15 is 0 Å². The molecule has 1 saturated heterocycles. The Hall–Kier alpha value is -3.93. The van der Waals surface area contributed by atoms with Crippen molar-refractivity contribution in [2.24, 2.45) is 0 Å². The third-order valence-electron chi connectivity index (χ3n) is 6.04. The molecule has 1 fully saturated rings. The molecule has 0 aliphatic carbocycles. The zero-order valence-corrected chi connectivity index (χ0v) is 21.7. The Morgan fingerprint density at radius 1 is 1.00 bits per heavy atom. The van der Waals surface area contributed by atoms with Gasteiger partial charge in [0.2, 0.25) is 5.91 Å². The molecule has 10 nitrogen and oxygen atoms in total. The Morgan fingerprint density at radius 2 is 1.68 bits per heavy atom. The van der Waals surface area contributed by atoms with Gasteiger partial charge < -0.3 is 25.7 Å². The molecule has 4 rings (SSSR count). The number of amides is 3. The minimum atomic E-state index is -3.59. The standard InChI is InChI=1S/C26H24ClN3O7S/c1-38(36,37)23-5-3-2-4-19(23)15-6-11-21(20(12-15)25(33)34)29-24(32)22-13-18(31)14-30(22)26(35)28-17-9-7-16(27)8-10-17/h2-12,18,22,31H,13-14H2,1H3,(H,28,35)(H,29,32)(H,33,34). The summed E-state index contributed by atoms with van der Waals surface area (Å²) >= 11 is 5.87. The number of carboxylic acid groups (broad SMARTS) is 1. The highest BCUT2D eigenvalue weighted by Gasteiger charge is 2.39. The van der Waals surface area contributed by atoms with Crippen LogP contribution in [0.4, 0.5) is 16.2 Å². The van der Waals surface area contributed by atoms with Crippen molar-refractivity contribution in [1.29, 1.82) is 0 Å². The van der Waals surface area contributed by atoms with E-state index in [2.05, 4.69) is 10.6 Å². The van der Waals surface area contributed by atoms with Crippen molar-refractivity contribution in [3.05, 3.63) is 77.3 Å². The molecule has 3 aromatic rings. The van der Waals surface area contributed by atoms with Gasteiger partial charge in [-0.3, -0.25) is 4.79 Å². The smallest absolute Gasteiger partial charge is 0.337 e. The van der Waals surface area contributed by atoms with Crippen LogP contribution in [-0.4, -0.2) is 66.4 Å². The predicted octanol–water partition coefficient (Wildman–Crippen LogP) is 3.71. The first-order valence-electron chi connectivity index (χ1n) is 11.4. The predicted molar refractivity (Wildman–Crippen MR) is 142 cm³/mol. The van der Waals surface area contributed by atoms with E-state index in [1.807, 2.05) is 0 Å². The lowest BCUT2D eigenvalue weighted by Gasteiger charge is -2.24. The summed E-state index contributed by atoms with van der Waals surface area (Å²) in [5.41, 5.74) is 0.788. The second kappa shape index (κ2) is 10.8. The molecule has 12 heteroatoms. The van der Waals surface area contributed by atoms with Crippen molar-refractivity contribution < 1.29 is 33.0 Å². The number of nitrogens with one attached hydrogen (secondary N) is 2. The third kappa shape index (κ3) is 5.96. The summed E-state index contributed by atoms with van der Waals surface area (Å²) < 4.78 is 24.4. The molecule has 0 bridgehead atoms.